The first-order chi connectivity index (χ1) is 10.2. The summed E-state index contributed by atoms with van der Waals surface area (Å²) in [5.74, 6) is -0.214. The van der Waals surface area contributed by atoms with Crippen molar-refractivity contribution in [1.29, 1.82) is 0 Å². The van der Waals surface area contributed by atoms with E-state index in [1.54, 1.807) is 48.7 Å². The second-order valence-electron chi connectivity index (χ2n) is 4.50. The van der Waals surface area contributed by atoms with Crippen LogP contribution in [0.15, 0.2) is 48.7 Å². The highest BCUT2D eigenvalue weighted by Crippen LogP contribution is 2.22. The van der Waals surface area contributed by atoms with Crippen LogP contribution in [0.3, 0.4) is 0 Å². The van der Waals surface area contributed by atoms with Crippen LogP contribution in [0.4, 0.5) is 0 Å². The number of nitrogens with zero attached hydrogens (tertiary/aromatic N) is 2. The Morgan fingerprint density at radius 2 is 1.86 bits per heavy atom. The molecule has 3 rings (SSSR count). The molecule has 0 unspecified atom stereocenters. The Kier molecular flexibility index (Phi) is 3.23. The summed E-state index contributed by atoms with van der Waals surface area (Å²) in [6, 6.07) is 11.7. The molecule has 0 radical (unpaired) electrons. The minimum absolute atomic E-state index is 0.195. The molecule has 2 aromatic carbocycles. The van der Waals surface area contributed by atoms with Crippen molar-refractivity contribution >= 4 is 17.0 Å². The lowest BCUT2D eigenvalue weighted by molar-refractivity contribution is 0.0601. The van der Waals surface area contributed by atoms with E-state index in [9.17, 15) is 9.90 Å². The van der Waals surface area contributed by atoms with Crippen molar-refractivity contribution in [2.24, 2.45) is 0 Å². The van der Waals surface area contributed by atoms with Gasteiger partial charge in [0.15, 0.2) is 0 Å². The highest BCUT2D eigenvalue weighted by atomic mass is 16.5. The average molecular weight is 280 g/mol. The lowest BCUT2D eigenvalue weighted by atomic mass is 10.1. The van der Waals surface area contributed by atoms with Gasteiger partial charge in [-0.1, -0.05) is 0 Å². The Balaban J connectivity index is 2.09. The molecular formula is C16H12N2O3. The van der Waals surface area contributed by atoms with Gasteiger partial charge in [0.2, 0.25) is 0 Å². The third-order valence-corrected chi connectivity index (χ3v) is 3.13. The number of hydrogen-bond acceptors (Lipinski definition) is 5. The third-order valence-electron chi connectivity index (χ3n) is 3.13. The molecule has 0 fully saturated rings. The van der Waals surface area contributed by atoms with Gasteiger partial charge in [-0.15, -0.1) is 0 Å². The van der Waals surface area contributed by atoms with Crippen molar-refractivity contribution < 1.29 is 14.6 Å². The number of hydrogen-bond donors (Lipinski definition) is 1. The van der Waals surface area contributed by atoms with E-state index in [0.717, 1.165) is 5.56 Å². The molecule has 0 atom stereocenters. The number of carbonyl (C=O) groups is 1. The molecular weight excluding hydrogens is 268 g/mol. The number of methoxy groups -OCH3 is 1. The van der Waals surface area contributed by atoms with Crippen LogP contribution in [0, 0.1) is 0 Å². The van der Waals surface area contributed by atoms with Gasteiger partial charge in [0.05, 0.1) is 35.6 Å². The molecule has 0 saturated heterocycles. The van der Waals surface area contributed by atoms with Crippen molar-refractivity contribution in [3.8, 4) is 17.0 Å². The normalized spacial score (nSPS) is 10.5. The standard InChI is InChI=1S/C16H12N2O3/c1-21-16(20)11-4-7-13-14(8-11)18-15(9-17-13)10-2-5-12(19)6-3-10/h2-9,19H,1H3. The van der Waals surface area contributed by atoms with Crippen LogP contribution in [-0.2, 0) is 4.74 Å². The molecule has 0 bridgehead atoms. The lowest BCUT2D eigenvalue weighted by Gasteiger charge is -2.04. The van der Waals surface area contributed by atoms with Gasteiger partial charge >= 0.3 is 5.97 Å². The van der Waals surface area contributed by atoms with Crippen LogP contribution in [0.5, 0.6) is 5.75 Å². The Morgan fingerprint density at radius 3 is 2.57 bits per heavy atom. The van der Waals surface area contributed by atoms with Crippen LogP contribution >= 0.6 is 0 Å². The quantitative estimate of drug-likeness (QED) is 0.731. The van der Waals surface area contributed by atoms with Crippen molar-refractivity contribution in [3.63, 3.8) is 0 Å². The van der Waals surface area contributed by atoms with Crippen molar-refractivity contribution in [1.82, 2.24) is 9.97 Å². The first kappa shape index (κ1) is 13.1. The summed E-state index contributed by atoms with van der Waals surface area (Å²) < 4.78 is 4.70. The minimum atomic E-state index is -0.409. The summed E-state index contributed by atoms with van der Waals surface area (Å²) in [6.45, 7) is 0. The van der Waals surface area contributed by atoms with Crippen LogP contribution in [0.2, 0.25) is 0 Å². The van der Waals surface area contributed by atoms with Crippen molar-refractivity contribution in [2.75, 3.05) is 7.11 Å². The second-order valence-corrected chi connectivity index (χ2v) is 4.50. The fourth-order valence-corrected chi connectivity index (χ4v) is 2.03. The summed E-state index contributed by atoms with van der Waals surface area (Å²) in [7, 11) is 1.34. The summed E-state index contributed by atoms with van der Waals surface area (Å²) in [5, 5.41) is 9.31. The number of esters is 1. The van der Waals surface area contributed by atoms with Gasteiger partial charge in [-0.2, -0.15) is 0 Å². The Labute approximate surface area is 120 Å². The summed E-state index contributed by atoms with van der Waals surface area (Å²) in [6.07, 6.45) is 1.66. The summed E-state index contributed by atoms with van der Waals surface area (Å²) in [4.78, 5) is 20.4. The second kappa shape index (κ2) is 5.20. The van der Waals surface area contributed by atoms with E-state index in [-0.39, 0.29) is 5.75 Å². The number of aromatic hydroxyl groups is 1. The predicted octanol–water partition coefficient (Wildman–Crippen LogP) is 2.79. The van der Waals surface area contributed by atoms with E-state index in [0.29, 0.717) is 22.3 Å². The molecule has 5 heteroatoms. The number of phenols is 1. The van der Waals surface area contributed by atoms with Crippen LogP contribution in [-0.4, -0.2) is 28.2 Å². The molecule has 0 aliphatic carbocycles. The van der Waals surface area contributed by atoms with E-state index in [2.05, 4.69) is 9.97 Å². The van der Waals surface area contributed by atoms with Gasteiger partial charge in [0, 0.05) is 5.56 Å². The largest absolute Gasteiger partial charge is 0.508 e. The molecule has 5 nitrogen and oxygen atoms in total. The molecule has 0 saturated carbocycles. The molecule has 0 aliphatic heterocycles. The Bertz CT molecular complexity index is 813. The SMILES string of the molecule is COC(=O)c1ccc2ncc(-c3ccc(O)cc3)nc2c1. The maximum absolute atomic E-state index is 11.6. The minimum Gasteiger partial charge on any atom is -0.508 e. The zero-order valence-electron chi connectivity index (χ0n) is 11.3. The van der Waals surface area contributed by atoms with Gasteiger partial charge < -0.3 is 9.84 Å². The third kappa shape index (κ3) is 2.53. The molecule has 0 amide bonds. The topological polar surface area (TPSA) is 72.3 Å². The van der Waals surface area contributed by atoms with Gasteiger partial charge in [-0.25, -0.2) is 9.78 Å². The molecule has 3 aromatic rings. The fraction of sp³-hybridized carbons (Fsp3) is 0.0625. The number of phenolic OH excluding ortho intramolecular Hbond substituents is 1. The number of rotatable bonds is 2. The van der Waals surface area contributed by atoms with E-state index < -0.39 is 5.97 Å². The van der Waals surface area contributed by atoms with Crippen LogP contribution in [0.25, 0.3) is 22.3 Å². The molecule has 104 valence electrons. The molecule has 1 aromatic heterocycles. The zero-order valence-corrected chi connectivity index (χ0v) is 11.3. The van der Waals surface area contributed by atoms with E-state index in [1.807, 2.05) is 0 Å². The monoisotopic (exact) mass is 280 g/mol. The number of carbonyl (C=O) groups excluding carboxylic acids is 1. The summed E-state index contributed by atoms with van der Waals surface area (Å²) >= 11 is 0. The zero-order chi connectivity index (χ0) is 14.8. The number of aromatic nitrogens is 2. The van der Waals surface area contributed by atoms with E-state index >= 15 is 0 Å². The maximum Gasteiger partial charge on any atom is 0.337 e. The number of benzene rings is 2. The number of fused-ring (bicyclic) bond motifs is 1. The maximum atomic E-state index is 11.6. The molecule has 1 N–H and O–H groups in total. The van der Waals surface area contributed by atoms with Crippen LogP contribution in [0.1, 0.15) is 10.4 Å². The van der Waals surface area contributed by atoms with Gasteiger partial charge in [-0.3, -0.25) is 4.98 Å². The van der Waals surface area contributed by atoms with Gasteiger partial charge in [0.1, 0.15) is 5.75 Å². The highest BCUT2D eigenvalue weighted by molar-refractivity contribution is 5.93. The predicted molar refractivity (Wildman–Crippen MR) is 78.0 cm³/mol. The fourth-order valence-electron chi connectivity index (χ4n) is 2.03. The number of ether oxygens (including phenoxy) is 1. The molecule has 21 heavy (non-hydrogen) atoms. The Hall–Kier alpha value is -2.95. The van der Waals surface area contributed by atoms with Gasteiger partial charge in [0.25, 0.3) is 0 Å². The molecule has 0 spiro atoms. The highest BCUT2D eigenvalue weighted by Gasteiger charge is 2.08. The average Bonchev–Trinajstić information content (AvgIpc) is 2.53. The van der Waals surface area contributed by atoms with Crippen molar-refractivity contribution in [3.05, 3.63) is 54.2 Å². The van der Waals surface area contributed by atoms with Crippen molar-refractivity contribution in [2.45, 2.75) is 0 Å². The van der Waals surface area contributed by atoms with E-state index in [4.69, 9.17) is 4.74 Å². The summed E-state index contributed by atoms with van der Waals surface area (Å²) in [5.41, 5.74) is 3.26. The van der Waals surface area contributed by atoms with Crippen LogP contribution < -0.4 is 0 Å². The molecule has 0 aliphatic rings. The smallest absolute Gasteiger partial charge is 0.337 e. The van der Waals surface area contributed by atoms with E-state index in [1.165, 1.54) is 7.11 Å². The first-order valence-electron chi connectivity index (χ1n) is 6.32. The Morgan fingerprint density at radius 1 is 1.10 bits per heavy atom. The molecule has 1 heterocycles. The first-order valence-corrected chi connectivity index (χ1v) is 6.32. The van der Waals surface area contributed by atoms with Gasteiger partial charge in [-0.05, 0) is 42.5 Å². The lowest BCUT2D eigenvalue weighted by Crippen LogP contribution is -2.01.